The number of halogens is 1. The lowest BCUT2D eigenvalue weighted by Gasteiger charge is -2.41. The molecule has 7 nitrogen and oxygen atoms in total. The molecule has 1 fully saturated rings. The van der Waals surface area contributed by atoms with Gasteiger partial charge in [0, 0.05) is 6.20 Å². The predicted molar refractivity (Wildman–Crippen MR) is 66.4 cm³/mol. The summed E-state index contributed by atoms with van der Waals surface area (Å²) in [4.78, 5) is 29.3. The lowest BCUT2D eigenvalue weighted by atomic mass is 9.73. The van der Waals surface area contributed by atoms with Crippen LogP contribution in [0, 0.1) is 5.82 Å². The van der Waals surface area contributed by atoms with Crippen molar-refractivity contribution in [2.24, 2.45) is 0 Å². The highest BCUT2D eigenvalue weighted by Gasteiger charge is 2.43. The number of rotatable bonds is 3. The first kappa shape index (κ1) is 12.5. The molecule has 20 heavy (non-hydrogen) atoms. The van der Waals surface area contributed by atoms with Gasteiger partial charge in [-0.2, -0.15) is 0 Å². The molecule has 2 heterocycles. The number of pyridine rings is 1. The minimum absolute atomic E-state index is 0.127. The van der Waals surface area contributed by atoms with Crippen LogP contribution in [0.15, 0.2) is 23.1 Å². The van der Waals surface area contributed by atoms with Crippen LogP contribution in [0.3, 0.4) is 0 Å². The van der Waals surface area contributed by atoms with E-state index in [1.807, 2.05) is 0 Å². The smallest absolute Gasteiger partial charge is 0.338 e. The molecule has 1 amide bonds. The number of nitrogens with one attached hydrogen (secondary N) is 3. The number of carbonyl (C=O) groups is 1. The zero-order valence-corrected chi connectivity index (χ0v) is 10.4. The highest BCUT2D eigenvalue weighted by molar-refractivity contribution is 5.90. The molecule has 3 rings (SSSR count). The van der Waals surface area contributed by atoms with Crippen LogP contribution in [0.25, 0.3) is 0 Å². The average molecular weight is 277 g/mol. The van der Waals surface area contributed by atoms with E-state index in [0.29, 0.717) is 12.8 Å². The maximum atomic E-state index is 13.9. The summed E-state index contributed by atoms with van der Waals surface area (Å²) in [6, 6.07) is 2.81. The van der Waals surface area contributed by atoms with Gasteiger partial charge in [-0.05, 0) is 31.4 Å². The summed E-state index contributed by atoms with van der Waals surface area (Å²) < 4.78 is 13.9. The Morgan fingerprint density at radius 1 is 1.45 bits per heavy atom. The van der Waals surface area contributed by atoms with Gasteiger partial charge in [0.05, 0.1) is 5.54 Å². The Morgan fingerprint density at radius 2 is 2.25 bits per heavy atom. The van der Waals surface area contributed by atoms with Gasteiger partial charge < -0.3 is 5.32 Å². The summed E-state index contributed by atoms with van der Waals surface area (Å²) in [6.07, 6.45) is 3.55. The zero-order chi connectivity index (χ0) is 14.2. The monoisotopic (exact) mass is 277 g/mol. The second-order valence-electron chi connectivity index (χ2n) is 4.75. The normalized spacial score (nSPS) is 16.4. The Hall–Kier alpha value is -2.51. The van der Waals surface area contributed by atoms with Gasteiger partial charge in [-0.3, -0.25) is 14.8 Å². The third-order valence-corrected chi connectivity index (χ3v) is 3.49. The molecule has 0 bridgehead atoms. The standard InChI is InChI=1S/C12H12FN5O2/c13-7-3-1-6-14-8(7)12(4-2-5-12)16-10(19)9-15-11(20)18-17-9/h1,3,6H,2,4-5H2,(H,16,19)(H2,15,17,18,20). The van der Waals surface area contributed by atoms with E-state index in [-0.39, 0.29) is 11.5 Å². The average Bonchev–Trinajstić information content (AvgIpc) is 2.81. The number of hydrogen-bond donors (Lipinski definition) is 3. The van der Waals surface area contributed by atoms with Crippen molar-refractivity contribution in [3.63, 3.8) is 0 Å². The molecule has 0 spiro atoms. The van der Waals surface area contributed by atoms with Crippen molar-refractivity contribution in [1.82, 2.24) is 25.5 Å². The van der Waals surface area contributed by atoms with Crippen LogP contribution in [0.2, 0.25) is 0 Å². The molecule has 0 unspecified atom stereocenters. The van der Waals surface area contributed by atoms with Crippen LogP contribution in [0.4, 0.5) is 4.39 Å². The minimum Gasteiger partial charge on any atom is -0.338 e. The second kappa shape index (κ2) is 4.55. The van der Waals surface area contributed by atoms with Crippen LogP contribution in [0.5, 0.6) is 0 Å². The van der Waals surface area contributed by atoms with Crippen molar-refractivity contribution in [2.45, 2.75) is 24.8 Å². The summed E-state index contributed by atoms with van der Waals surface area (Å²) >= 11 is 0. The fourth-order valence-corrected chi connectivity index (χ4v) is 2.34. The lowest BCUT2D eigenvalue weighted by Crippen LogP contribution is -2.52. The molecule has 0 atom stereocenters. The highest BCUT2D eigenvalue weighted by Crippen LogP contribution is 2.41. The molecular formula is C12H12FN5O2. The van der Waals surface area contributed by atoms with Crippen LogP contribution < -0.4 is 11.0 Å². The number of aromatic amines is 2. The SMILES string of the molecule is O=C(NC1(c2ncccc2F)CCC1)c1n[nH]c(=O)[nH]1. The summed E-state index contributed by atoms with van der Waals surface area (Å²) in [5.41, 5.74) is -1.17. The molecular weight excluding hydrogens is 265 g/mol. The van der Waals surface area contributed by atoms with Crippen LogP contribution >= 0.6 is 0 Å². The van der Waals surface area contributed by atoms with Crippen molar-refractivity contribution in [3.8, 4) is 0 Å². The molecule has 0 saturated heterocycles. The maximum absolute atomic E-state index is 13.9. The third kappa shape index (κ3) is 1.98. The van der Waals surface area contributed by atoms with Gasteiger partial charge in [0.25, 0.3) is 5.91 Å². The Labute approximate surface area is 112 Å². The molecule has 0 aromatic carbocycles. The number of hydrogen-bond acceptors (Lipinski definition) is 4. The van der Waals surface area contributed by atoms with Gasteiger partial charge in [-0.25, -0.2) is 14.3 Å². The van der Waals surface area contributed by atoms with Gasteiger partial charge in [0.1, 0.15) is 11.5 Å². The van der Waals surface area contributed by atoms with Gasteiger partial charge in [0.15, 0.2) is 0 Å². The quantitative estimate of drug-likeness (QED) is 0.757. The van der Waals surface area contributed by atoms with E-state index in [9.17, 15) is 14.0 Å². The number of aromatic nitrogens is 4. The number of carbonyl (C=O) groups excluding carboxylic acids is 1. The highest BCUT2D eigenvalue weighted by atomic mass is 19.1. The van der Waals surface area contributed by atoms with Gasteiger partial charge in [-0.15, -0.1) is 5.10 Å². The molecule has 0 aliphatic heterocycles. The van der Waals surface area contributed by atoms with Crippen molar-refractivity contribution < 1.29 is 9.18 Å². The topological polar surface area (TPSA) is 104 Å². The van der Waals surface area contributed by atoms with E-state index in [2.05, 4.69) is 25.5 Å². The molecule has 104 valence electrons. The van der Waals surface area contributed by atoms with E-state index in [4.69, 9.17) is 0 Å². The molecule has 2 aromatic heterocycles. The van der Waals surface area contributed by atoms with Crippen molar-refractivity contribution in [3.05, 3.63) is 46.1 Å². The van der Waals surface area contributed by atoms with Crippen LogP contribution in [-0.4, -0.2) is 26.1 Å². The van der Waals surface area contributed by atoms with Gasteiger partial charge in [0.2, 0.25) is 5.82 Å². The molecule has 0 radical (unpaired) electrons. The van der Waals surface area contributed by atoms with E-state index >= 15 is 0 Å². The first-order valence-electron chi connectivity index (χ1n) is 6.19. The van der Waals surface area contributed by atoms with E-state index in [1.54, 1.807) is 0 Å². The fourth-order valence-electron chi connectivity index (χ4n) is 2.34. The molecule has 8 heteroatoms. The molecule has 1 saturated carbocycles. The van der Waals surface area contributed by atoms with Crippen molar-refractivity contribution in [2.75, 3.05) is 0 Å². The Kier molecular flexibility index (Phi) is 2.85. The Bertz CT molecular complexity index is 704. The van der Waals surface area contributed by atoms with Crippen LogP contribution in [0.1, 0.15) is 35.6 Å². The molecule has 2 aromatic rings. The summed E-state index contributed by atoms with van der Waals surface area (Å²) in [5.74, 6) is -1.14. The number of amides is 1. The Morgan fingerprint density at radius 3 is 2.80 bits per heavy atom. The second-order valence-corrected chi connectivity index (χ2v) is 4.75. The first-order chi connectivity index (χ1) is 9.61. The van der Waals surface area contributed by atoms with Crippen LogP contribution in [-0.2, 0) is 5.54 Å². The van der Waals surface area contributed by atoms with Gasteiger partial charge in [-0.1, -0.05) is 0 Å². The fraction of sp³-hybridized carbons (Fsp3) is 0.333. The number of nitrogens with zero attached hydrogens (tertiary/aromatic N) is 2. The van der Waals surface area contributed by atoms with Crippen molar-refractivity contribution >= 4 is 5.91 Å². The number of H-pyrrole nitrogens is 2. The summed E-state index contributed by atoms with van der Waals surface area (Å²) in [6.45, 7) is 0. The van der Waals surface area contributed by atoms with Gasteiger partial charge >= 0.3 is 5.69 Å². The van der Waals surface area contributed by atoms with Crippen molar-refractivity contribution in [1.29, 1.82) is 0 Å². The Balaban J connectivity index is 1.89. The first-order valence-corrected chi connectivity index (χ1v) is 6.19. The largest absolute Gasteiger partial charge is 0.341 e. The minimum atomic E-state index is -0.821. The predicted octanol–water partition coefficient (Wildman–Crippen LogP) is 0.441. The summed E-state index contributed by atoms with van der Waals surface area (Å²) in [7, 11) is 0. The third-order valence-electron chi connectivity index (χ3n) is 3.49. The molecule has 1 aliphatic carbocycles. The molecule has 3 N–H and O–H groups in total. The van der Waals surface area contributed by atoms with E-state index in [1.165, 1.54) is 18.3 Å². The van der Waals surface area contributed by atoms with E-state index in [0.717, 1.165) is 6.42 Å². The van der Waals surface area contributed by atoms with E-state index < -0.39 is 23.0 Å². The maximum Gasteiger partial charge on any atom is 0.341 e. The summed E-state index contributed by atoms with van der Waals surface area (Å²) in [5, 5.41) is 8.39. The lowest BCUT2D eigenvalue weighted by molar-refractivity contribution is 0.0800. The zero-order valence-electron chi connectivity index (χ0n) is 10.4. The molecule has 1 aliphatic rings.